The van der Waals surface area contributed by atoms with E-state index in [4.69, 9.17) is 11.6 Å². The predicted octanol–water partition coefficient (Wildman–Crippen LogP) is 4.18. The average molecular weight is 295 g/mol. The highest BCUT2D eigenvalue weighted by molar-refractivity contribution is 7.18. The summed E-state index contributed by atoms with van der Waals surface area (Å²) in [5.41, 5.74) is 1.11. The third kappa shape index (κ3) is 3.47. The van der Waals surface area contributed by atoms with Crippen LogP contribution in [-0.4, -0.2) is 16.9 Å². The van der Waals surface area contributed by atoms with Crippen LogP contribution >= 0.6 is 22.9 Å². The van der Waals surface area contributed by atoms with Crippen LogP contribution in [0, 0.1) is 5.92 Å². The lowest BCUT2D eigenvalue weighted by Crippen LogP contribution is -2.27. The lowest BCUT2D eigenvalue weighted by Gasteiger charge is -2.25. The van der Waals surface area contributed by atoms with E-state index in [0.717, 1.165) is 30.9 Å². The van der Waals surface area contributed by atoms with Crippen molar-refractivity contribution in [1.82, 2.24) is 10.3 Å². The number of benzene rings is 1. The van der Waals surface area contributed by atoms with Crippen molar-refractivity contribution >= 4 is 33.2 Å². The van der Waals surface area contributed by atoms with Crippen molar-refractivity contribution in [2.75, 3.05) is 6.54 Å². The van der Waals surface area contributed by atoms with E-state index in [2.05, 4.69) is 28.5 Å². The van der Waals surface area contributed by atoms with Crippen LogP contribution in [0.25, 0.3) is 10.2 Å². The molecule has 1 aromatic heterocycles. The molecule has 2 aromatic rings. The standard InChI is InChI=1S/C15H19ClN2S/c16-12-5-3-4-11(8-12)9-17-10-15-18-13-6-1-2-7-14(13)19-15/h1-2,6-7,11-12,17H,3-5,8-10H2. The van der Waals surface area contributed by atoms with Crippen LogP contribution in [0.3, 0.4) is 0 Å². The van der Waals surface area contributed by atoms with Crippen LogP contribution in [-0.2, 0) is 6.54 Å². The van der Waals surface area contributed by atoms with Gasteiger partial charge in [-0.3, -0.25) is 0 Å². The number of thiazole rings is 1. The molecule has 1 aliphatic rings. The highest BCUT2D eigenvalue weighted by atomic mass is 35.5. The molecule has 1 aliphatic carbocycles. The minimum absolute atomic E-state index is 0.392. The van der Waals surface area contributed by atoms with Gasteiger partial charge in [0.05, 0.1) is 10.2 Å². The first-order valence-electron chi connectivity index (χ1n) is 7.00. The zero-order valence-electron chi connectivity index (χ0n) is 10.9. The quantitative estimate of drug-likeness (QED) is 0.856. The van der Waals surface area contributed by atoms with Crippen molar-refractivity contribution in [3.8, 4) is 0 Å². The van der Waals surface area contributed by atoms with Crippen LogP contribution in [0.4, 0.5) is 0 Å². The number of aromatic nitrogens is 1. The molecule has 2 unspecified atom stereocenters. The van der Waals surface area contributed by atoms with E-state index in [1.165, 1.54) is 29.0 Å². The second-order valence-electron chi connectivity index (χ2n) is 5.34. The molecule has 1 saturated carbocycles. The molecule has 19 heavy (non-hydrogen) atoms. The number of alkyl halides is 1. The molecular formula is C15H19ClN2S. The average Bonchev–Trinajstić information content (AvgIpc) is 2.81. The third-order valence-corrected chi connectivity index (χ3v) is 5.20. The largest absolute Gasteiger partial charge is 0.310 e. The topological polar surface area (TPSA) is 24.9 Å². The second kappa shape index (κ2) is 6.21. The van der Waals surface area contributed by atoms with E-state index in [0.29, 0.717) is 5.38 Å². The summed E-state index contributed by atoms with van der Waals surface area (Å²) in [6, 6.07) is 8.33. The summed E-state index contributed by atoms with van der Waals surface area (Å²) < 4.78 is 1.28. The molecule has 0 bridgehead atoms. The molecule has 2 atom stereocenters. The van der Waals surface area contributed by atoms with E-state index in [9.17, 15) is 0 Å². The number of halogens is 1. The second-order valence-corrected chi connectivity index (χ2v) is 7.07. The van der Waals surface area contributed by atoms with Crippen molar-refractivity contribution in [1.29, 1.82) is 0 Å². The lowest BCUT2D eigenvalue weighted by molar-refractivity contribution is 0.346. The number of hydrogen-bond donors (Lipinski definition) is 1. The molecule has 1 fully saturated rings. The van der Waals surface area contributed by atoms with Gasteiger partial charge in [0.1, 0.15) is 5.01 Å². The van der Waals surface area contributed by atoms with Crippen LogP contribution in [0.2, 0.25) is 0 Å². The first-order valence-corrected chi connectivity index (χ1v) is 8.26. The number of rotatable bonds is 4. The SMILES string of the molecule is ClC1CCCC(CNCc2nc3ccccc3s2)C1. The first kappa shape index (κ1) is 13.3. The fourth-order valence-corrected chi connectivity index (χ4v) is 4.13. The minimum atomic E-state index is 0.392. The van der Waals surface area contributed by atoms with Gasteiger partial charge in [-0.25, -0.2) is 4.98 Å². The summed E-state index contributed by atoms with van der Waals surface area (Å²) in [5, 5.41) is 5.11. The van der Waals surface area contributed by atoms with Crippen LogP contribution in [0.5, 0.6) is 0 Å². The normalized spacial score (nSPS) is 23.8. The molecule has 3 rings (SSSR count). The van der Waals surface area contributed by atoms with Gasteiger partial charge in [-0.05, 0) is 43.9 Å². The third-order valence-electron chi connectivity index (χ3n) is 3.77. The summed E-state index contributed by atoms with van der Waals surface area (Å²) >= 11 is 8.01. The van der Waals surface area contributed by atoms with E-state index < -0.39 is 0 Å². The van der Waals surface area contributed by atoms with Gasteiger partial charge in [0, 0.05) is 11.9 Å². The molecule has 0 radical (unpaired) electrons. The van der Waals surface area contributed by atoms with Crippen molar-refractivity contribution in [3.05, 3.63) is 29.3 Å². The summed E-state index contributed by atoms with van der Waals surface area (Å²) in [6.45, 7) is 1.95. The fourth-order valence-electron chi connectivity index (χ4n) is 2.79. The Labute approximate surface area is 123 Å². The van der Waals surface area contributed by atoms with E-state index in [1.54, 1.807) is 11.3 Å². The lowest BCUT2D eigenvalue weighted by atomic mass is 9.89. The maximum Gasteiger partial charge on any atom is 0.108 e. The van der Waals surface area contributed by atoms with Gasteiger partial charge in [0.25, 0.3) is 0 Å². The Bertz CT molecular complexity index is 507. The van der Waals surface area contributed by atoms with E-state index in [-0.39, 0.29) is 0 Å². The number of para-hydroxylation sites is 1. The molecule has 0 aliphatic heterocycles. The summed E-state index contributed by atoms with van der Waals surface area (Å²) in [6.07, 6.45) is 4.95. The van der Waals surface area contributed by atoms with Gasteiger partial charge in [0.15, 0.2) is 0 Å². The Hall–Kier alpha value is -0.640. The zero-order chi connectivity index (χ0) is 13.1. The van der Waals surface area contributed by atoms with Crippen LogP contribution in [0.15, 0.2) is 24.3 Å². The Balaban J connectivity index is 1.51. The van der Waals surface area contributed by atoms with E-state index >= 15 is 0 Å². The Morgan fingerprint density at radius 3 is 3.05 bits per heavy atom. The highest BCUT2D eigenvalue weighted by Gasteiger charge is 2.19. The number of nitrogens with one attached hydrogen (secondary N) is 1. The molecule has 102 valence electrons. The summed E-state index contributed by atoms with van der Waals surface area (Å²) in [4.78, 5) is 4.64. The monoisotopic (exact) mass is 294 g/mol. The molecule has 0 amide bonds. The Kier molecular flexibility index (Phi) is 4.36. The van der Waals surface area contributed by atoms with Crippen molar-refractivity contribution < 1.29 is 0 Å². The molecule has 1 N–H and O–H groups in total. The summed E-state index contributed by atoms with van der Waals surface area (Å²) in [5.74, 6) is 0.741. The van der Waals surface area contributed by atoms with Crippen molar-refractivity contribution in [2.45, 2.75) is 37.6 Å². The Morgan fingerprint density at radius 2 is 2.21 bits per heavy atom. The summed E-state index contributed by atoms with van der Waals surface area (Å²) in [7, 11) is 0. The van der Waals surface area contributed by atoms with E-state index in [1.807, 2.05) is 6.07 Å². The van der Waals surface area contributed by atoms with Gasteiger partial charge in [0.2, 0.25) is 0 Å². The molecule has 1 aromatic carbocycles. The highest BCUT2D eigenvalue weighted by Crippen LogP contribution is 2.27. The van der Waals surface area contributed by atoms with Crippen molar-refractivity contribution in [3.63, 3.8) is 0 Å². The number of hydrogen-bond acceptors (Lipinski definition) is 3. The molecular weight excluding hydrogens is 276 g/mol. The van der Waals surface area contributed by atoms with Gasteiger partial charge < -0.3 is 5.32 Å². The molecule has 0 spiro atoms. The Morgan fingerprint density at radius 1 is 1.32 bits per heavy atom. The maximum atomic E-state index is 6.22. The van der Waals surface area contributed by atoms with Gasteiger partial charge in [-0.2, -0.15) is 0 Å². The van der Waals surface area contributed by atoms with Crippen molar-refractivity contribution in [2.24, 2.45) is 5.92 Å². The van der Waals surface area contributed by atoms with Gasteiger partial charge >= 0.3 is 0 Å². The van der Waals surface area contributed by atoms with Gasteiger partial charge in [-0.15, -0.1) is 22.9 Å². The molecule has 0 saturated heterocycles. The number of fused-ring (bicyclic) bond motifs is 1. The minimum Gasteiger partial charge on any atom is -0.310 e. The first-order chi connectivity index (χ1) is 9.31. The predicted molar refractivity (Wildman–Crippen MR) is 82.9 cm³/mol. The maximum absolute atomic E-state index is 6.22. The molecule has 4 heteroatoms. The van der Waals surface area contributed by atoms with Crippen LogP contribution in [0.1, 0.15) is 30.7 Å². The van der Waals surface area contributed by atoms with Gasteiger partial charge in [-0.1, -0.05) is 18.6 Å². The van der Waals surface area contributed by atoms with Crippen LogP contribution < -0.4 is 5.32 Å². The smallest absolute Gasteiger partial charge is 0.108 e. The fraction of sp³-hybridized carbons (Fsp3) is 0.533. The molecule has 2 nitrogen and oxygen atoms in total. The zero-order valence-corrected chi connectivity index (χ0v) is 12.5. The number of nitrogens with zero attached hydrogens (tertiary/aromatic N) is 1. The molecule has 1 heterocycles.